The zero-order valence-corrected chi connectivity index (χ0v) is 22.4. The van der Waals surface area contributed by atoms with Crippen LogP contribution in [0.15, 0.2) is 60.9 Å². The molecule has 0 aliphatic rings. The van der Waals surface area contributed by atoms with Gasteiger partial charge in [0.25, 0.3) is 5.91 Å². The Morgan fingerprint density at radius 3 is 2.51 bits per heavy atom. The number of hydrogen-bond donors (Lipinski definition) is 1. The van der Waals surface area contributed by atoms with Gasteiger partial charge in [-0.05, 0) is 62.1 Å². The molecule has 0 fully saturated rings. The smallest absolute Gasteiger partial charge is 0.405 e. The van der Waals surface area contributed by atoms with Gasteiger partial charge < -0.3 is 10.1 Å². The fourth-order valence-electron chi connectivity index (χ4n) is 4.10. The Labute approximate surface area is 234 Å². The standard InChI is InChI=1S/C28H28F3N7O3/c1-18(23-15-19(12-13-33-23)22-8-3-4-9-26(22)41-28(29,30)31)25(39)16-21-11-10-20(34-35-21)7-5-6-14-38-17-24(36-37-38)27(40)32-2/h3-4,8-13,15,17-18H,5-7,14,16H2,1-2H3,(H,32,40)/t18-/m0/s1. The maximum absolute atomic E-state index is 13.0. The SMILES string of the molecule is CNC(=O)c1cn(CCCCc2ccc(CC(=O)[C@@H](C)c3cc(-c4ccccc4OC(F)(F)F)ccn3)nn2)nn1. The van der Waals surface area contributed by atoms with Gasteiger partial charge in [-0.25, -0.2) is 0 Å². The average Bonchev–Trinajstić information content (AvgIpc) is 3.44. The highest BCUT2D eigenvalue weighted by molar-refractivity contribution is 5.91. The van der Waals surface area contributed by atoms with Crippen LogP contribution in [0, 0.1) is 0 Å². The van der Waals surface area contributed by atoms with E-state index < -0.39 is 12.3 Å². The zero-order chi connectivity index (χ0) is 29.4. The highest BCUT2D eigenvalue weighted by atomic mass is 19.4. The van der Waals surface area contributed by atoms with Gasteiger partial charge in [0.15, 0.2) is 5.69 Å². The minimum Gasteiger partial charge on any atom is -0.405 e. The predicted molar refractivity (Wildman–Crippen MR) is 142 cm³/mol. The Bertz CT molecular complexity index is 1490. The molecule has 1 atom stereocenters. The number of rotatable bonds is 12. The summed E-state index contributed by atoms with van der Waals surface area (Å²) in [6.07, 6.45) is 0.560. The van der Waals surface area contributed by atoms with Crippen molar-refractivity contribution in [3.8, 4) is 16.9 Å². The summed E-state index contributed by atoms with van der Waals surface area (Å²) in [6, 6.07) is 12.6. The van der Waals surface area contributed by atoms with Crippen LogP contribution < -0.4 is 10.1 Å². The van der Waals surface area contributed by atoms with Crippen molar-refractivity contribution in [2.24, 2.45) is 0 Å². The molecule has 13 heteroatoms. The molecule has 4 rings (SSSR count). The van der Waals surface area contributed by atoms with E-state index in [4.69, 9.17) is 0 Å². The minimum absolute atomic E-state index is 0.0358. The Kier molecular flexibility index (Phi) is 9.37. The molecule has 0 saturated carbocycles. The van der Waals surface area contributed by atoms with E-state index in [0.717, 1.165) is 18.5 Å². The summed E-state index contributed by atoms with van der Waals surface area (Å²) in [5.74, 6) is -1.39. The molecule has 10 nitrogen and oxygen atoms in total. The molecule has 0 unspecified atom stereocenters. The number of aryl methyl sites for hydroxylation is 2. The number of Topliss-reactive ketones (excluding diaryl/α,β-unsaturated/α-hetero) is 1. The van der Waals surface area contributed by atoms with E-state index in [9.17, 15) is 22.8 Å². The van der Waals surface area contributed by atoms with Crippen molar-refractivity contribution >= 4 is 11.7 Å². The topological polar surface area (TPSA) is 125 Å². The Hall–Kier alpha value is -4.68. The van der Waals surface area contributed by atoms with Crippen molar-refractivity contribution in [3.63, 3.8) is 0 Å². The molecule has 0 aliphatic carbocycles. The Balaban J connectivity index is 1.31. The van der Waals surface area contributed by atoms with Crippen LogP contribution in [-0.4, -0.2) is 55.3 Å². The quantitative estimate of drug-likeness (QED) is 0.251. The second kappa shape index (κ2) is 13.1. The van der Waals surface area contributed by atoms with E-state index in [1.54, 1.807) is 42.1 Å². The van der Waals surface area contributed by atoms with Crippen molar-refractivity contribution in [2.75, 3.05) is 7.05 Å². The number of benzene rings is 1. The number of carbonyl (C=O) groups excluding carboxylic acids is 2. The van der Waals surface area contributed by atoms with Crippen LogP contribution in [0.25, 0.3) is 11.1 Å². The number of ether oxygens (including phenoxy) is 1. The van der Waals surface area contributed by atoms with E-state index in [1.807, 2.05) is 6.07 Å². The third kappa shape index (κ3) is 8.16. The fourth-order valence-corrected chi connectivity index (χ4v) is 4.10. The van der Waals surface area contributed by atoms with Crippen LogP contribution in [0.2, 0.25) is 0 Å². The van der Waals surface area contributed by atoms with Gasteiger partial charge in [-0.15, -0.1) is 18.3 Å². The van der Waals surface area contributed by atoms with Crippen molar-refractivity contribution in [3.05, 3.63) is 83.7 Å². The summed E-state index contributed by atoms with van der Waals surface area (Å²) in [5, 5.41) is 18.7. The first-order valence-electron chi connectivity index (χ1n) is 12.9. The number of hydrogen-bond acceptors (Lipinski definition) is 8. The van der Waals surface area contributed by atoms with E-state index in [0.29, 0.717) is 29.9 Å². The first-order chi connectivity index (χ1) is 19.6. The second-order valence-electron chi connectivity index (χ2n) is 9.30. The maximum Gasteiger partial charge on any atom is 0.573 e. The number of ketones is 1. The van der Waals surface area contributed by atoms with Crippen molar-refractivity contribution in [1.82, 2.24) is 35.5 Å². The first kappa shape index (κ1) is 29.3. The Morgan fingerprint density at radius 2 is 1.78 bits per heavy atom. The van der Waals surface area contributed by atoms with Gasteiger partial charge in [-0.2, -0.15) is 10.2 Å². The number of amides is 1. The zero-order valence-electron chi connectivity index (χ0n) is 22.4. The molecule has 1 aromatic carbocycles. The van der Waals surface area contributed by atoms with Crippen LogP contribution in [0.1, 0.15) is 53.3 Å². The molecule has 0 radical (unpaired) electrons. The monoisotopic (exact) mass is 567 g/mol. The van der Waals surface area contributed by atoms with Crippen LogP contribution in [0.3, 0.4) is 0 Å². The summed E-state index contributed by atoms with van der Waals surface area (Å²) >= 11 is 0. The lowest BCUT2D eigenvalue weighted by Crippen LogP contribution is -2.18. The molecule has 4 aromatic rings. The van der Waals surface area contributed by atoms with E-state index in [2.05, 4.69) is 35.5 Å². The number of halogens is 3. The number of unbranched alkanes of at least 4 members (excludes halogenated alkanes) is 1. The largest absolute Gasteiger partial charge is 0.573 e. The molecular weight excluding hydrogens is 539 g/mol. The van der Waals surface area contributed by atoms with Gasteiger partial charge in [-0.3, -0.25) is 19.3 Å². The Morgan fingerprint density at radius 1 is 1.02 bits per heavy atom. The predicted octanol–water partition coefficient (Wildman–Crippen LogP) is 4.33. The number of para-hydroxylation sites is 1. The van der Waals surface area contributed by atoms with Gasteiger partial charge in [-0.1, -0.05) is 23.4 Å². The van der Waals surface area contributed by atoms with Crippen LogP contribution in [-0.2, 0) is 24.2 Å². The molecule has 0 aliphatic heterocycles. The molecular formula is C28H28F3N7O3. The summed E-state index contributed by atoms with van der Waals surface area (Å²) in [6.45, 7) is 2.30. The summed E-state index contributed by atoms with van der Waals surface area (Å²) in [4.78, 5) is 28.8. The van der Waals surface area contributed by atoms with Gasteiger partial charge >= 0.3 is 6.36 Å². The molecule has 1 amide bonds. The number of aromatic nitrogens is 6. The van der Waals surface area contributed by atoms with Gasteiger partial charge in [0.05, 0.1) is 35.6 Å². The van der Waals surface area contributed by atoms with Gasteiger partial charge in [0.1, 0.15) is 11.5 Å². The van der Waals surface area contributed by atoms with Crippen molar-refractivity contribution < 1.29 is 27.5 Å². The first-order valence-corrected chi connectivity index (χ1v) is 12.9. The average molecular weight is 568 g/mol. The highest BCUT2D eigenvalue weighted by Crippen LogP contribution is 2.34. The van der Waals surface area contributed by atoms with Gasteiger partial charge in [0, 0.05) is 25.4 Å². The lowest BCUT2D eigenvalue weighted by molar-refractivity contribution is -0.274. The number of carbonyl (C=O) groups is 2. The third-order valence-electron chi connectivity index (χ3n) is 6.33. The molecule has 41 heavy (non-hydrogen) atoms. The van der Waals surface area contributed by atoms with Crippen molar-refractivity contribution in [2.45, 2.75) is 51.4 Å². The van der Waals surface area contributed by atoms with Crippen molar-refractivity contribution in [1.29, 1.82) is 0 Å². The maximum atomic E-state index is 13.0. The van der Waals surface area contributed by atoms with Crippen LogP contribution in [0.5, 0.6) is 5.75 Å². The summed E-state index contributed by atoms with van der Waals surface area (Å²) in [5.41, 5.74) is 2.68. The van der Waals surface area contributed by atoms with Gasteiger partial charge in [0.2, 0.25) is 0 Å². The van der Waals surface area contributed by atoms with E-state index >= 15 is 0 Å². The molecule has 3 aromatic heterocycles. The molecule has 1 N–H and O–H groups in total. The van der Waals surface area contributed by atoms with E-state index in [1.165, 1.54) is 31.4 Å². The normalized spacial score (nSPS) is 12.1. The summed E-state index contributed by atoms with van der Waals surface area (Å²) in [7, 11) is 1.53. The number of pyridine rings is 1. The minimum atomic E-state index is -4.83. The molecule has 0 spiro atoms. The van der Waals surface area contributed by atoms with E-state index in [-0.39, 0.29) is 35.1 Å². The molecule has 214 valence electrons. The lowest BCUT2D eigenvalue weighted by Gasteiger charge is -2.15. The molecule has 0 saturated heterocycles. The second-order valence-corrected chi connectivity index (χ2v) is 9.30. The highest BCUT2D eigenvalue weighted by Gasteiger charge is 2.32. The molecule has 3 heterocycles. The number of alkyl halides is 3. The lowest BCUT2D eigenvalue weighted by atomic mass is 9.95. The number of nitrogens with one attached hydrogen (secondary N) is 1. The number of nitrogens with zero attached hydrogens (tertiary/aromatic N) is 6. The molecule has 0 bridgehead atoms. The summed E-state index contributed by atoms with van der Waals surface area (Å²) < 4.78 is 44.3. The third-order valence-corrected chi connectivity index (χ3v) is 6.33. The van der Waals surface area contributed by atoms with Crippen LogP contribution in [0.4, 0.5) is 13.2 Å². The van der Waals surface area contributed by atoms with Crippen LogP contribution >= 0.6 is 0 Å². The fraction of sp³-hybridized carbons (Fsp3) is 0.321.